The van der Waals surface area contributed by atoms with Crippen molar-refractivity contribution in [2.45, 2.75) is 45.6 Å². The summed E-state index contributed by atoms with van der Waals surface area (Å²) in [5.41, 5.74) is 3.25. The number of piperidine rings is 1. The number of nitrogens with zero attached hydrogens (tertiary/aromatic N) is 5. The number of aromatic carboxylic acids is 1. The molecule has 2 aliphatic heterocycles. The number of rotatable bonds is 8. The average molecular weight is 586 g/mol. The predicted octanol–water partition coefficient (Wildman–Crippen LogP) is 6.85. The van der Waals surface area contributed by atoms with Gasteiger partial charge in [0.15, 0.2) is 0 Å². The molecule has 41 heavy (non-hydrogen) atoms. The van der Waals surface area contributed by atoms with Gasteiger partial charge in [-0.05, 0) is 61.4 Å². The SMILES string of the molecule is C.O=C(O)c1cnn(C2CCCN(c3cc(Cl)ccc3-c3ccc(N4CCN(CC5CC5)CC4)cc3)C2)c1C(F)F. The molecule has 1 aliphatic carbocycles. The van der Waals surface area contributed by atoms with E-state index in [1.807, 2.05) is 18.2 Å². The summed E-state index contributed by atoms with van der Waals surface area (Å²) in [6.07, 6.45) is 2.27. The van der Waals surface area contributed by atoms with Crippen LogP contribution < -0.4 is 9.80 Å². The number of alkyl halides is 2. The van der Waals surface area contributed by atoms with E-state index in [9.17, 15) is 18.7 Å². The van der Waals surface area contributed by atoms with Crippen LogP contribution in [0.15, 0.2) is 48.7 Å². The van der Waals surface area contributed by atoms with Crippen LogP contribution in [-0.2, 0) is 0 Å². The summed E-state index contributed by atoms with van der Waals surface area (Å²) in [6.45, 7) is 6.69. The standard InChI is InChI=1S/C30H34ClF2N5O2.CH4/c31-22-7-10-25(21-5-8-23(9-6-21)36-14-12-35(13-15-36)18-20-3-4-20)27(16-22)37-11-1-2-24(19-37)38-28(29(32)33)26(17-34-38)30(39)40;/h5-10,16-17,20,24,29H,1-4,11-15,18-19H2,(H,39,40);1H4. The van der Waals surface area contributed by atoms with E-state index in [1.54, 1.807) is 0 Å². The van der Waals surface area contributed by atoms with Crippen molar-refractivity contribution in [2.75, 3.05) is 55.6 Å². The molecule has 1 N–H and O–H groups in total. The summed E-state index contributed by atoms with van der Waals surface area (Å²) in [5, 5.41) is 14.1. The van der Waals surface area contributed by atoms with E-state index in [1.165, 1.54) is 29.8 Å². The van der Waals surface area contributed by atoms with Crippen LogP contribution in [0.4, 0.5) is 20.2 Å². The van der Waals surface area contributed by atoms with E-state index in [-0.39, 0.29) is 13.5 Å². The maximum absolute atomic E-state index is 13.9. The molecular formula is C31H38ClF2N5O2. The van der Waals surface area contributed by atoms with Crippen LogP contribution >= 0.6 is 11.6 Å². The molecule has 0 spiro atoms. The van der Waals surface area contributed by atoms with E-state index >= 15 is 0 Å². The molecule has 2 saturated heterocycles. The van der Waals surface area contributed by atoms with Crippen molar-refractivity contribution >= 4 is 28.9 Å². The minimum atomic E-state index is -2.93. The van der Waals surface area contributed by atoms with E-state index in [0.717, 1.165) is 68.1 Å². The number of aromatic nitrogens is 2. The zero-order valence-electron chi connectivity index (χ0n) is 22.4. The lowest BCUT2D eigenvalue weighted by Crippen LogP contribution is -2.47. The molecule has 1 saturated carbocycles. The molecule has 0 amide bonds. The fraction of sp³-hybridized carbons (Fsp3) is 0.484. The van der Waals surface area contributed by atoms with Crippen molar-refractivity contribution in [1.82, 2.24) is 14.7 Å². The van der Waals surface area contributed by atoms with Crippen LogP contribution in [0.1, 0.15) is 61.6 Å². The lowest BCUT2D eigenvalue weighted by Gasteiger charge is -2.37. The Morgan fingerprint density at radius 2 is 1.73 bits per heavy atom. The number of hydrogen-bond acceptors (Lipinski definition) is 5. The Kier molecular flexibility index (Phi) is 8.85. The molecule has 10 heteroatoms. The third kappa shape index (κ3) is 6.36. The van der Waals surface area contributed by atoms with Crippen molar-refractivity contribution < 1.29 is 18.7 Å². The second-order valence-corrected chi connectivity index (χ2v) is 11.6. The largest absolute Gasteiger partial charge is 0.478 e. The molecule has 1 unspecified atom stereocenters. The first-order valence-electron chi connectivity index (χ1n) is 14.1. The monoisotopic (exact) mass is 585 g/mol. The van der Waals surface area contributed by atoms with Crippen molar-refractivity contribution in [1.29, 1.82) is 0 Å². The first-order chi connectivity index (χ1) is 19.4. The van der Waals surface area contributed by atoms with Gasteiger partial charge >= 0.3 is 5.97 Å². The lowest BCUT2D eigenvalue weighted by molar-refractivity contribution is 0.0681. The Balaban J connectivity index is 0.00000337. The van der Waals surface area contributed by atoms with Gasteiger partial charge in [0.05, 0.1) is 12.2 Å². The Labute approximate surface area is 245 Å². The number of benzene rings is 2. The van der Waals surface area contributed by atoms with Crippen LogP contribution in [-0.4, -0.2) is 71.6 Å². The number of piperazine rings is 1. The Bertz CT molecular complexity index is 1350. The highest BCUT2D eigenvalue weighted by molar-refractivity contribution is 6.31. The number of anilines is 2. The first kappa shape index (κ1) is 29.3. The van der Waals surface area contributed by atoms with Gasteiger partial charge in [-0.2, -0.15) is 5.10 Å². The second-order valence-electron chi connectivity index (χ2n) is 11.2. The van der Waals surface area contributed by atoms with Gasteiger partial charge in [-0.15, -0.1) is 0 Å². The van der Waals surface area contributed by atoms with Crippen LogP contribution in [0.3, 0.4) is 0 Å². The molecule has 1 aromatic heterocycles. The number of halogens is 3. The molecule has 0 radical (unpaired) electrons. The van der Waals surface area contributed by atoms with Gasteiger partial charge in [-0.1, -0.05) is 37.2 Å². The Hall–Kier alpha value is -3.17. The maximum atomic E-state index is 13.9. The summed E-state index contributed by atoms with van der Waals surface area (Å²) in [6, 6.07) is 14.1. The van der Waals surface area contributed by atoms with Crippen LogP contribution in [0.5, 0.6) is 0 Å². The zero-order chi connectivity index (χ0) is 27.8. The average Bonchev–Trinajstić information content (AvgIpc) is 3.66. The van der Waals surface area contributed by atoms with E-state index in [0.29, 0.717) is 18.0 Å². The molecular weight excluding hydrogens is 548 g/mol. The van der Waals surface area contributed by atoms with E-state index in [4.69, 9.17) is 11.6 Å². The van der Waals surface area contributed by atoms with Gasteiger partial charge in [-0.3, -0.25) is 9.58 Å². The zero-order valence-corrected chi connectivity index (χ0v) is 23.1. The lowest BCUT2D eigenvalue weighted by atomic mass is 9.99. The van der Waals surface area contributed by atoms with Crippen LogP contribution in [0.25, 0.3) is 11.1 Å². The second kappa shape index (κ2) is 12.4. The highest BCUT2D eigenvalue weighted by atomic mass is 35.5. The van der Waals surface area contributed by atoms with Crippen molar-refractivity contribution in [3.63, 3.8) is 0 Å². The molecule has 220 valence electrons. The number of carboxylic acids is 1. The minimum absolute atomic E-state index is 0. The van der Waals surface area contributed by atoms with Crippen LogP contribution in [0.2, 0.25) is 5.02 Å². The Morgan fingerprint density at radius 3 is 2.39 bits per heavy atom. The molecule has 7 nitrogen and oxygen atoms in total. The van der Waals surface area contributed by atoms with Crippen molar-refractivity contribution in [3.05, 3.63) is 64.9 Å². The molecule has 1 atom stereocenters. The normalized spacial score (nSPS) is 19.9. The smallest absolute Gasteiger partial charge is 0.339 e. The molecule has 6 rings (SSSR count). The molecule has 0 bridgehead atoms. The van der Waals surface area contributed by atoms with Gasteiger partial charge in [0.25, 0.3) is 6.43 Å². The van der Waals surface area contributed by atoms with Gasteiger partial charge in [0.2, 0.25) is 0 Å². The number of carbonyl (C=O) groups is 1. The van der Waals surface area contributed by atoms with Crippen molar-refractivity contribution in [2.24, 2.45) is 5.92 Å². The summed E-state index contributed by atoms with van der Waals surface area (Å²) in [4.78, 5) is 18.7. The van der Waals surface area contributed by atoms with Gasteiger partial charge < -0.3 is 14.9 Å². The first-order valence-corrected chi connectivity index (χ1v) is 14.5. The summed E-state index contributed by atoms with van der Waals surface area (Å²) in [7, 11) is 0. The number of hydrogen-bond donors (Lipinski definition) is 1. The number of carboxylic acid groups (broad SMARTS) is 1. The minimum Gasteiger partial charge on any atom is -0.478 e. The summed E-state index contributed by atoms with van der Waals surface area (Å²) >= 11 is 6.44. The summed E-state index contributed by atoms with van der Waals surface area (Å²) < 4.78 is 29.0. The third-order valence-electron chi connectivity index (χ3n) is 8.44. The predicted molar refractivity (Wildman–Crippen MR) is 160 cm³/mol. The quantitative estimate of drug-likeness (QED) is 0.312. The molecule has 3 fully saturated rings. The molecule has 3 aliphatic rings. The molecule has 3 aromatic rings. The van der Waals surface area contributed by atoms with Gasteiger partial charge in [0, 0.05) is 67.8 Å². The van der Waals surface area contributed by atoms with Gasteiger partial charge in [-0.25, -0.2) is 13.6 Å². The van der Waals surface area contributed by atoms with E-state index < -0.39 is 23.7 Å². The Morgan fingerprint density at radius 1 is 1.00 bits per heavy atom. The fourth-order valence-electron chi connectivity index (χ4n) is 6.13. The topological polar surface area (TPSA) is 64.8 Å². The van der Waals surface area contributed by atoms with Crippen molar-refractivity contribution in [3.8, 4) is 11.1 Å². The maximum Gasteiger partial charge on any atom is 0.339 e. The molecule has 2 aromatic carbocycles. The highest BCUT2D eigenvalue weighted by Gasteiger charge is 2.31. The fourth-order valence-corrected chi connectivity index (χ4v) is 6.30. The summed E-state index contributed by atoms with van der Waals surface area (Å²) in [5.74, 6) is -0.474. The van der Waals surface area contributed by atoms with Gasteiger partial charge in [0.1, 0.15) is 11.3 Å². The van der Waals surface area contributed by atoms with E-state index in [2.05, 4.69) is 44.1 Å². The molecule has 3 heterocycles. The van der Waals surface area contributed by atoms with Crippen LogP contribution in [0, 0.1) is 5.92 Å². The third-order valence-corrected chi connectivity index (χ3v) is 8.68. The highest BCUT2D eigenvalue weighted by Crippen LogP contribution is 2.38.